The van der Waals surface area contributed by atoms with Crippen molar-refractivity contribution in [2.75, 3.05) is 26.7 Å². The number of piperidine rings is 1. The molecule has 2 fully saturated rings. The van der Waals surface area contributed by atoms with Crippen molar-refractivity contribution >= 4 is 28.9 Å². The smallest absolute Gasteiger partial charge is 0.322 e. The number of aromatic nitrogens is 2. The summed E-state index contributed by atoms with van der Waals surface area (Å²) in [6.07, 6.45) is 6.30. The fourth-order valence-electron chi connectivity index (χ4n) is 4.37. The van der Waals surface area contributed by atoms with Gasteiger partial charge in [-0.1, -0.05) is 0 Å². The summed E-state index contributed by atoms with van der Waals surface area (Å²) in [6.45, 7) is 4.17. The number of guanidine groups is 1. The van der Waals surface area contributed by atoms with E-state index in [0.29, 0.717) is 0 Å². The third-order valence-corrected chi connectivity index (χ3v) is 6.11. The van der Waals surface area contributed by atoms with Gasteiger partial charge in [0.05, 0.1) is 0 Å². The Bertz CT molecular complexity index is 945. The van der Waals surface area contributed by atoms with Gasteiger partial charge in [-0.25, -0.2) is 9.78 Å². The molecule has 4 rings (SSSR count). The number of pyridine rings is 1. The fourth-order valence-corrected chi connectivity index (χ4v) is 4.37. The second-order valence-electron chi connectivity index (χ2n) is 7.81. The number of urea groups is 1. The molecule has 2 aromatic rings. The average Bonchev–Trinajstić information content (AvgIpc) is 3.26. The second kappa shape index (κ2) is 7.73. The lowest BCUT2D eigenvalue weighted by Gasteiger charge is -2.39. The molecule has 2 aliphatic rings. The lowest BCUT2D eigenvalue weighted by atomic mass is 9.79. The summed E-state index contributed by atoms with van der Waals surface area (Å²) in [5.74, 6) is 0.755. The maximum Gasteiger partial charge on any atom is 0.322 e. The quantitative estimate of drug-likeness (QED) is 0.349. The molecular formula is C20H27N7O2. The lowest BCUT2D eigenvalue weighted by Crippen LogP contribution is -2.55. The normalized spacial score (nSPS) is 23.4. The molecule has 0 radical (unpaired) electrons. The van der Waals surface area contributed by atoms with Crippen molar-refractivity contribution in [2.24, 2.45) is 10.9 Å². The Hall–Kier alpha value is -3.10. The fraction of sp³-hybridized carbons (Fsp3) is 0.500. The molecule has 9 heteroatoms. The van der Waals surface area contributed by atoms with Gasteiger partial charge in [0.1, 0.15) is 11.2 Å². The molecule has 0 aromatic carbocycles. The Morgan fingerprint density at radius 2 is 2.17 bits per heavy atom. The van der Waals surface area contributed by atoms with Crippen LogP contribution in [0.3, 0.4) is 0 Å². The molecule has 2 saturated heterocycles. The van der Waals surface area contributed by atoms with Gasteiger partial charge in [-0.2, -0.15) is 0 Å². The first kappa shape index (κ1) is 19.2. The summed E-state index contributed by atoms with van der Waals surface area (Å²) in [5, 5.41) is 9.75. The molecule has 9 nitrogen and oxygen atoms in total. The van der Waals surface area contributed by atoms with Crippen LogP contribution in [0, 0.1) is 5.92 Å². The number of fused-ring (bicyclic) bond motifs is 1. The van der Waals surface area contributed by atoms with Crippen LogP contribution < -0.4 is 16.0 Å². The zero-order chi connectivity index (χ0) is 20.4. The molecule has 2 aliphatic heterocycles. The van der Waals surface area contributed by atoms with Gasteiger partial charge in [0.15, 0.2) is 5.96 Å². The molecule has 0 spiro atoms. The van der Waals surface area contributed by atoms with Crippen molar-refractivity contribution in [3.63, 3.8) is 0 Å². The van der Waals surface area contributed by atoms with Gasteiger partial charge in [-0.15, -0.1) is 0 Å². The molecule has 0 bridgehead atoms. The van der Waals surface area contributed by atoms with Crippen LogP contribution >= 0.6 is 0 Å². The van der Waals surface area contributed by atoms with Crippen LogP contribution in [0.5, 0.6) is 0 Å². The van der Waals surface area contributed by atoms with Crippen molar-refractivity contribution in [3.05, 3.63) is 30.1 Å². The Kier molecular flexibility index (Phi) is 5.12. The number of aliphatic imine (C=N–C) groups is 1. The zero-order valence-electron chi connectivity index (χ0n) is 16.8. The lowest BCUT2D eigenvalue weighted by molar-refractivity contribution is -0.125. The minimum atomic E-state index is -0.816. The summed E-state index contributed by atoms with van der Waals surface area (Å²) in [4.78, 5) is 37.9. The van der Waals surface area contributed by atoms with Crippen molar-refractivity contribution < 1.29 is 9.59 Å². The van der Waals surface area contributed by atoms with Crippen LogP contribution in [-0.4, -0.2) is 65.0 Å². The Morgan fingerprint density at radius 1 is 1.38 bits per heavy atom. The molecule has 4 N–H and O–H groups in total. The number of rotatable bonds is 4. The van der Waals surface area contributed by atoms with Crippen LogP contribution in [0.15, 0.2) is 29.5 Å². The zero-order valence-corrected chi connectivity index (χ0v) is 16.8. The average molecular weight is 397 g/mol. The van der Waals surface area contributed by atoms with Crippen LogP contribution in [0.2, 0.25) is 0 Å². The number of hydrogen-bond donors (Lipinski definition) is 4. The van der Waals surface area contributed by atoms with Crippen molar-refractivity contribution in [1.29, 1.82) is 0 Å². The maximum atomic E-state index is 12.2. The first-order chi connectivity index (χ1) is 14.0. The number of nitrogens with zero attached hydrogens (tertiary/aromatic N) is 3. The number of carbonyl (C=O) groups is 2. The van der Waals surface area contributed by atoms with E-state index in [9.17, 15) is 9.59 Å². The summed E-state index contributed by atoms with van der Waals surface area (Å²) < 4.78 is 0. The molecule has 29 heavy (non-hydrogen) atoms. The summed E-state index contributed by atoms with van der Waals surface area (Å²) in [5.41, 5.74) is 1.32. The molecule has 154 valence electrons. The van der Waals surface area contributed by atoms with E-state index in [1.54, 1.807) is 13.2 Å². The number of aromatic amines is 1. The highest BCUT2D eigenvalue weighted by Crippen LogP contribution is 2.30. The third kappa shape index (κ3) is 3.64. The van der Waals surface area contributed by atoms with Crippen molar-refractivity contribution in [2.45, 2.75) is 31.7 Å². The summed E-state index contributed by atoms with van der Waals surface area (Å²) >= 11 is 0. The Labute approximate surface area is 169 Å². The standard InChI is InChI=1S/C20H27N7O2/c1-20(17(28)25-19(29)26-20)14-6-10-27(11-7-14)18(21-2)23-9-5-13-12-24-16-15(13)4-3-8-22-16/h3-4,8,12,14H,5-7,9-11H2,1-2H3,(H,21,23)(H,22,24)(H2,25,26,28,29). The Balaban J connectivity index is 1.30. The first-order valence-electron chi connectivity index (χ1n) is 10.0. The van der Waals surface area contributed by atoms with E-state index in [0.717, 1.165) is 55.9 Å². The van der Waals surface area contributed by atoms with E-state index in [1.165, 1.54) is 5.56 Å². The van der Waals surface area contributed by atoms with E-state index in [1.807, 2.05) is 19.2 Å². The van der Waals surface area contributed by atoms with Crippen LogP contribution in [-0.2, 0) is 11.2 Å². The van der Waals surface area contributed by atoms with Crippen molar-refractivity contribution in [1.82, 2.24) is 30.8 Å². The summed E-state index contributed by atoms with van der Waals surface area (Å²) in [6, 6.07) is 3.63. The topological polar surface area (TPSA) is 115 Å². The summed E-state index contributed by atoms with van der Waals surface area (Å²) in [7, 11) is 1.79. The van der Waals surface area contributed by atoms with Crippen molar-refractivity contribution in [3.8, 4) is 0 Å². The van der Waals surface area contributed by atoms with E-state index >= 15 is 0 Å². The number of likely N-dealkylation sites (tertiary alicyclic amines) is 1. The molecule has 2 aromatic heterocycles. The minimum Gasteiger partial charge on any atom is -0.356 e. The van der Waals surface area contributed by atoms with Crippen LogP contribution in [0.1, 0.15) is 25.3 Å². The molecular weight excluding hydrogens is 370 g/mol. The third-order valence-electron chi connectivity index (χ3n) is 6.11. The molecule has 0 aliphatic carbocycles. The van der Waals surface area contributed by atoms with Gasteiger partial charge in [0.25, 0.3) is 5.91 Å². The molecule has 1 unspecified atom stereocenters. The molecule has 3 amide bonds. The van der Waals surface area contributed by atoms with E-state index in [2.05, 4.69) is 41.9 Å². The number of H-pyrrole nitrogens is 1. The van der Waals surface area contributed by atoms with Gasteiger partial charge < -0.3 is 20.5 Å². The predicted molar refractivity (Wildman–Crippen MR) is 111 cm³/mol. The van der Waals surface area contributed by atoms with Gasteiger partial charge in [-0.05, 0) is 49.8 Å². The van der Waals surface area contributed by atoms with Crippen LogP contribution in [0.25, 0.3) is 11.0 Å². The number of amides is 3. The van der Waals surface area contributed by atoms with Gasteiger partial charge in [0, 0.05) is 44.5 Å². The van der Waals surface area contributed by atoms with E-state index < -0.39 is 11.6 Å². The minimum absolute atomic E-state index is 0.113. The number of hydrogen-bond acceptors (Lipinski definition) is 4. The van der Waals surface area contributed by atoms with Gasteiger partial charge in [-0.3, -0.25) is 15.1 Å². The predicted octanol–water partition coefficient (Wildman–Crippen LogP) is 0.991. The highest BCUT2D eigenvalue weighted by molar-refractivity contribution is 6.07. The maximum absolute atomic E-state index is 12.2. The van der Waals surface area contributed by atoms with E-state index in [4.69, 9.17) is 0 Å². The first-order valence-corrected chi connectivity index (χ1v) is 10.0. The van der Waals surface area contributed by atoms with Gasteiger partial charge in [0.2, 0.25) is 0 Å². The molecule has 4 heterocycles. The van der Waals surface area contributed by atoms with E-state index in [-0.39, 0.29) is 11.8 Å². The van der Waals surface area contributed by atoms with Gasteiger partial charge >= 0.3 is 6.03 Å². The number of imide groups is 1. The monoisotopic (exact) mass is 397 g/mol. The largest absolute Gasteiger partial charge is 0.356 e. The van der Waals surface area contributed by atoms with Crippen LogP contribution in [0.4, 0.5) is 4.79 Å². The molecule has 1 atom stereocenters. The highest BCUT2D eigenvalue weighted by Gasteiger charge is 2.48. The number of nitrogens with one attached hydrogen (secondary N) is 4. The SMILES string of the molecule is CN=C(NCCc1c[nH]c2ncccc12)N1CCC(C2(C)NC(=O)NC2=O)CC1. The Morgan fingerprint density at radius 3 is 2.86 bits per heavy atom. The molecule has 0 saturated carbocycles. The highest BCUT2D eigenvalue weighted by atomic mass is 16.2. The second-order valence-corrected chi connectivity index (χ2v) is 7.81. The number of carbonyl (C=O) groups excluding carboxylic acids is 2.